The van der Waals surface area contributed by atoms with E-state index in [1.54, 1.807) is 18.2 Å². The molecule has 2 heterocycles. The van der Waals surface area contributed by atoms with Gasteiger partial charge in [-0.15, -0.1) is 11.8 Å². The van der Waals surface area contributed by atoms with Gasteiger partial charge in [0.2, 0.25) is 11.8 Å². The zero-order chi connectivity index (χ0) is 15.7. The van der Waals surface area contributed by atoms with Gasteiger partial charge in [-0.1, -0.05) is 12.1 Å². The van der Waals surface area contributed by atoms with Crippen LogP contribution in [-0.4, -0.2) is 49.3 Å². The lowest BCUT2D eigenvalue weighted by Crippen LogP contribution is -2.43. The van der Waals surface area contributed by atoms with Crippen LogP contribution in [0.15, 0.2) is 24.3 Å². The van der Waals surface area contributed by atoms with E-state index in [0.29, 0.717) is 17.8 Å². The number of hydrogen-bond acceptors (Lipinski definition) is 5. The van der Waals surface area contributed by atoms with Crippen LogP contribution in [0.5, 0.6) is 0 Å². The normalized spacial score (nSPS) is 23.0. The summed E-state index contributed by atoms with van der Waals surface area (Å²) < 4.78 is 22.9. The predicted octanol–water partition coefficient (Wildman–Crippen LogP) is 0.892. The number of benzene rings is 1. The largest absolute Gasteiger partial charge is 0.323 e. The minimum absolute atomic E-state index is 0.000623. The van der Waals surface area contributed by atoms with Crippen molar-refractivity contribution in [2.24, 2.45) is 0 Å². The molecular formula is C14H16N2O4S2. The third kappa shape index (κ3) is 3.27. The van der Waals surface area contributed by atoms with Crippen LogP contribution in [0.1, 0.15) is 6.42 Å². The van der Waals surface area contributed by atoms with Gasteiger partial charge in [-0.05, 0) is 18.6 Å². The molecule has 1 aromatic rings. The van der Waals surface area contributed by atoms with E-state index >= 15 is 0 Å². The molecule has 1 aromatic carbocycles. The number of thioether (sulfide) groups is 1. The monoisotopic (exact) mass is 340 g/mol. The average Bonchev–Trinajstić information content (AvgIpc) is 2.83. The molecule has 2 aliphatic rings. The molecular weight excluding hydrogens is 324 g/mol. The van der Waals surface area contributed by atoms with Crippen molar-refractivity contribution < 1.29 is 18.0 Å². The molecule has 1 N–H and O–H groups in total. The smallest absolute Gasteiger partial charge is 0.244 e. The Bertz CT molecular complexity index is 717. The Labute approximate surface area is 133 Å². The Kier molecular flexibility index (Phi) is 4.14. The lowest BCUT2D eigenvalue weighted by Gasteiger charge is -2.29. The molecule has 1 fully saturated rings. The topological polar surface area (TPSA) is 83.6 Å². The molecule has 0 aliphatic carbocycles. The van der Waals surface area contributed by atoms with Crippen LogP contribution in [0, 0.1) is 0 Å². The second-order valence-electron chi connectivity index (χ2n) is 5.38. The van der Waals surface area contributed by atoms with Crippen LogP contribution in [-0.2, 0) is 19.4 Å². The standard InChI is InChI=1S/C14H16N2O4S2/c17-13-7-16(12-4-2-1-3-11(12)15-13)14(18)8-21-10-5-6-22(19,20)9-10/h1-4,10H,5-9H2,(H,15,17)/t10-/m0/s1. The summed E-state index contributed by atoms with van der Waals surface area (Å²) in [6.45, 7) is -0.000623. The first-order chi connectivity index (χ1) is 10.4. The van der Waals surface area contributed by atoms with Crippen LogP contribution in [0.2, 0.25) is 0 Å². The van der Waals surface area contributed by atoms with Gasteiger partial charge in [-0.25, -0.2) is 8.42 Å². The number of nitrogens with zero attached hydrogens (tertiary/aromatic N) is 1. The van der Waals surface area contributed by atoms with E-state index in [2.05, 4.69) is 5.32 Å². The Morgan fingerprint density at radius 3 is 2.86 bits per heavy atom. The molecule has 0 bridgehead atoms. The second kappa shape index (κ2) is 5.92. The predicted molar refractivity (Wildman–Crippen MR) is 86.9 cm³/mol. The molecule has 3 rings (SSSR count). The van der Waals surface area contributed by atoms with Crippen molar-refractivity contribution in [3.63, 3.8) is 0 Å². The maximum Gasteiger partial charge on any atom is 0.244 e. The van der Waals surface area contributed by atoms with Gasteiger partial charge in [0, 0.05) is 5.25 Å². The third-order valence-electron chi connectivity index (χ3n) is 3.70. The summed E-state index contributed by atoms with van der Waals surface area (Å²) in [6.07, 6.45) is 0.595. The first-order valence-electron chi connectivity index (χ1n) is 6.96. The van der Waals surface area contributed by atoms with Gasteiger partial charge in [0.05, 0.1) is 28.6 Å². The fourth-order valence-electron chi connectivity index (χ4n) is 2.62. The van der Waals surface area contributed by atoms with Crippen molar-refractivity contribution in [2.45, 2.75) is 11.7 Å². The van der Waals surface area contributed by atoms with Crippen molar-refractivity contribution in [1.29, 1.82) is 0 Å². The molecule has 0 spiro atoms. The highest BCUT2D eigenvalue weighted by Crippen LogP contribution is 2.30. The number of nitrogens with one attached hydrogen (secondary N) is 1. The minimum atomic E-state index is -2.94. The van der Waals surface area contributed by atoms with Gasteiger partial charge < -0.3 is 10.2 Å². The molecule has 6 nitrogen and oxygen atoms in total. The maximum absolute atomic E-state index is 12.4. The Morgan fingerprint density at radius 2 is 2.14 bits per heavy atom. The molecule has 0 aromatic heterocycles. The van der Waals surface area contributed by atoms with Crippen molar-refractivity contribution >= 4 is 44.8 Å². The maximum atomic E-state index is 12.4. The highest BCUT2D eigenvalue weighted by atomic mass is 32.2. The molecule has 0 radical (unpaired) electrons. The summed E-state index contributed by atoms with van der Waals surface area (Å²) in [5.74, 6) is 0.134. The number of sulfone groups is 1. The van der Waals surface area contributed by atoms with E-state index in [-0.39, 0.29) is 40.9 Å². The van der Waals surface area contributed by atoms with Crippen molar-refractivity contribution in [3.05, 3.63) is 24.3 Å². The summed E-state index contributed by atoms with van der Waals surface area (Å²) in [7, 11) is -2.94. The van der Waals surface area contributed by atoms with E-state index < -0.39 is 9.84 Å². The van der Waals surface area contributed by atoms with Gasteiger partial charge in [0.25, 0.3) is 0 Å². The zero-order valence-electron chi connectivity index (χ0n) is 11.8. The highest BCUT2D eigenvalue weighted by Gasteiger charge is 2.31. The van der Waals surface area contributed by atoms with Crippen molar-refractivity contribution in [3.8, 4) is 0 Å². The summed E-state index contributed by atoms with van der Waals surface area (Å²) in [5.41, 5.74) is 1.31. The Morgan fingerprint density at radius 1 is 1.36 bits per heavy atom. The molecule has 2 amide bonds. The summed E-state index contributed by atoms with van der Waals surface area (Å²) in [6, 6.07) is 7.15. The second-order valence-corrected chi connectivity index (χ2v) is 8.90. The molecule has 2 aliphatic heterocycles. The quantitative estimate of drug-likeness (QED) is 0.883. The van der Waals surface area contributed by atoms with Crippen LogP contribution < -0.4 is 10.2 Å². The Hall–Kier alpha value is -1.54. The van der Waals surface area contributed by atoms with Gasteiger partial charge in [-0.2, -0.15) is 0 Å². The molecule has 118 valence electrons. The van der Waals surface area contributed by atoms with E-state index in [1.165, 1.54) is 16.7 Å². The number of fused-ring (bicyclic) bond motifs is 1. The van der Waals surface area contributed by atoms with Gasteiger partial charge in [-0.3, -0.25) is 9.59 Å². The summed E-state index contributed by atoms with van der Waals surface area (Å²) >= 11 is 1.36. The zero-order valence-corrected chi connectivity index (χ0v) is 13.5. The average molecular weight is 340 g/mol. The van der Waals surface area contributed by atoms with E-state index in [9.17, 15) is 18.0 Å². The third-order valence-corrected chi connectivity index (χ3v) is 6.97. The molecule has 1 saturated heterocycles. The molecule has 0 saturated carbocycles. The fraction of sp³-hybridized carbons (Fsp3) is 0.429. The Balaban J connectivity index is 1.67. The molecule has 0 unspecified atom stereocenters. The van der Waals surface area contributed by atoms with Gasteiger partial charge >= 0.3 is 0 Å². The molecule has 8 heteroatoms. The number of carbonyl (C=O) groups is 2. The lowest BCUT2D eigenvalue weighted by atomic mass is 10.2. The van der Waals surface area contributed by atoms with Crippen LogP contribution in [0.4, 0.5) is 11.4 Å². The number of rotatable bonds is 3. The number of carbonyl (C=O) groups excluding carboxylic acids is 2. The van der Waals surface area contributed by atoms with E-state index in [4.69, 9.17) is 0 Å². The first kappa shape index (κ1) is 15.4. The fourth-order valence-corrected chi connectivity index (χ4v) is 6.13. The number of hydrogen-bond donors (Lipinski definition) is 1. The highest BCUT2D eigenvalue weighted by molar-refractivity contribution is 8.02. The van der Waals surface area contributed by atoms with Crippen LogP contribution in [0.3, 0.4) is 0 Å². The summed E-state index contributed by atoms with van der Waals surface area (Å²) in [4.78, 5) is 25.6. The first-order valence-corrected chi connectivity index (χ1v) is 9.83. The van der Waals surface area contributed by atoms with E-state index in [0.717, 1.165) is 0 Å². The number of para-hydroxylation sites is 2. The van der Waals surface area contributed by atoms with Crippen LogP contribution in [0.25, 0.3) is 0 Å². The molecule has 22 heavy (non-hydrogen) atoms. The SMILES string of the molecule is O=C1CN(C(=O)CS[C@H]2CCS(=O)(=O)C2)c2ccccc2N1. The number of anilines is 2. The van der Waals surface area contributed by atoms with Crippen LogP contribution >= 0.6 is 11.8 Å². The van der Waals surface area contributed by atoms with E-state index in [1.807, 2.05) is 6.07 Å². The lowest BCUT2D eigenvalue weighted by molar-refractivity contribution is -0.120. The summed E-state index contributed by atoms with van der Waals surface area (Å²) in [5, 5.41) is 2.71. The van der Waals surface area contributed by atoms with Gasteiger partial charge in [0.1, 0.15) is 6.54 Å². The molecule has 1 atom stereocenters. The number of amides is 2. The minimum Gasteiger partial charge on any atom is -0.323 e. The van der Waals surface area contributed by atoms with Crippen molar-refractivity contribution in [2.75, 3.05) is 34.0 Å². The van der Waals surface area contributed by atoms with Gasteiger partial charge in [0.15, 0.2) is 9.84 Å². The van der Waals surface area contributed by atoms with Crippen molar-refractivity contribution in [1.82, 2.24) is 0 Å².